The molecular formula is C16H27N4O2P. The number of hydrogen-bond acceptors (Lipinski definition) is 5. The van der Waals surface area contributed by atoms with Crippen molar-refractivity contribution in [3.8, 4) is 0 Å². The van der Waals surface area contributed by atoms with E-state index in [-0.39, 0.29) is 0 Å². The van der Waals surface area contributed by atoms with E-state index < -0.39 is 8.38 Å². The quantitative estimate of drug-likeness (QED) is 0.352. The lowest BCUT2D eigenvalue weighted by Gasteiger charge is -2.01. The van der Waals surface area contributed by atoms with Gasteiger partial charge in [-0.3, -0.25) is 4.68 Å². The number of rotatable bonds is 7. The summed E-state index contributed by atoms with van der Waals surface area (Å²) >= 11 is 0. The highest BCUT2D eigenvalue weighted by atomic mass is 31.2. The zero-order valence-corrected chi connectivity index (χ0v) is 14.5. The van der Waals surface area contributed by atoms with Crippen LogP contribution in [0.2, 0.25) is 0 Å². The predicted molar refractivity (Wildman–Crippen MR) is 96.9 cm³/mol. The van der Waals surface area contributed by atoms with Crippen LogP contribution < -0.4 is 11.5 Å². The van der Waals surface area contributed by atoms with Crippen molar-refractivity contribution in [2.45, 2.75) is 39.2 Å². The summed E-state index contributed by atoms with van der Waals surface area (Å²) in [6.45, 7) is 2.72. The second kappa shape index (κ2) is 11.0. The lowest BCUT2D eigenvalue weighted by atomic mass is 10.1. The number of hydrogen-bond donors (Lipinski definition) is 4. The molecule has 0 spiro atoms. The number of nitrogens with zero attached hydrogens (tertiary/aromatic N) is 2. The van der Waals surface area contributed by atoms with Gasteiger partial charge in [-0.25, -0.2) is 0 Å². The molecule has 7 heteroatoms. The molecule has 23 heavy (non-hydrogen) atoms. The highest BCUT2D eigenvalue weighted by molar-refractivity contribution is 7.45. The molecule has 1 aromatic carbocycles. The molecule has 128 valence electrons. The normalized spacial score (nSPS) is 10.4. The van der Waals surface area contributed by atoms with Crippen LogP contribution in [0.25, 0.3) is 0 Å². The number of anilines is 2. The number of nitrogen functional groups attached to an aromatic ring is 2. The highest BCUT2D eigenvalue weighted by Gasteiger charge is 1.99. The molecule has 0 saturated carbocycles. The fraction of sp³-hybridized carbons (Fsp3) is 0.438. The third-order valence-corrected chi connectivity index (χ3v) is 3.83. The molecule has 0 unspecified atom stereocenters. The molecule has 0 saturated heterocycles. The highest BCUT2D eigenvalue weighted by Crippen LogP contribution is 2.22. The lowest BCUT2D eigenvalue weighted by Crippen LogP contribution is -2.01. The average molecular weight is 338 g/mol. The molecule has 1 heterocycles. The summed E-state index contributed by atoms with van der Waals surface area (Å²) < 4.78 is 1.58. The van der Waals surface area contributed by atoms with Gasteiger partial charge in [0.1, 0.15) is 0 Å². The Morgan fingerprint density at radius 1 is 1.09 bits per heavy atom. The first-order chi connectivity index (χ1) is 11.0. The van der Waals surface area contributed by atoms with Gasteiger partial charge in [0.2, 0.25) is 0 Å². The molecule has 0 atom stereocenters. The van der Waals surface area contributed by atoms with Gasteiger partial charge >= 0.3 is 0 Å². The molecule has 0 radical (unpaired) electrons. The fourth-order valence-electron chi connectivity index (χ4n) is 1.96. The van der Waals surface area contributed by atoms with E-state index in [1.165, 1.54) is 37.4 Å². The monoisotopic (exact) mass is 338 g/mol. The zero-order valence-electron chi connectivity index (χ0n) is 13.6. The minimum atomic E-state index is -1.82. The van der Waals surface area contributed by atoms with E-state index >= 15 is 0 Å². The molecule has 0 amide bonds. The largest absolute Gasteiger partial charge is 0.399 e. The Kier molecular flexibility index (Phi) is 9.29. The van der Waals surface area contributed by atoms with E-state index in [2.05, 4.69) is 24.2 Å². The van der Waals surface area contributed by atoms with Gasteiger partial charge in [0.15, 0.2) is 8.38 Å². The van der Waals surface area contributed by atoms with Crippen LogP contribution in [-0.2, 0) is 13.0 Å². The van der Waals surface area contributed by atoms with Crippen molar-refractivity contribution in [1.82, 2.24) is 9.78 Å². The van der Waals surface area contributed by atoms with E-state index in [0.29, 0.717) is 18.4 Å². The Bertz CT molecular complexity index is 543. The molecule has 0 aliphatic carbocycles. The smallest absolute Gasteiger partial charge is 0.166 e. The minimum absolute atomic E-state index is 0.330. The Morgan fingerprint density at radius 3 is 2.30 bits per heavy atom. The summed E-state index contributed by atoms with van der Waals surface area (Å²) in [6, 6.07) is 8.18. The Hall–Kier alpha value is -1.62. The third-order valence-electron chi connectivity index (χ3n) is 3.23. The first-order valence-electron chi connectivity index (χ1n) is 7.79. The van der Waals surface area contributed by atoms with Crippen molar-refractivity contribution >= 4 is 19.8 Å². The van der Waals surface area contributed by atoms with Crippen molar-refractivity contribution < 1.29 is 9.79 Å². The maximum atomic E-state index is 8.57. The molecular weight excluding hydrogens is 311 g/mol. The number of unbranched alkanes of at least 4 members (excludes halogenated alkanes) is 2. The molecule has 2 aromatic rings. The number of aryl methyl sites for hydroxylation is 2. The van der Waals surface area contributed by atoms with Gasteiger partial charge in [-0.05, 0) is 30.5 Å². The number of nitrogens with two attached hydrogens (primary N) is 2. The van der Waals surface area contributed by atoms with Crippen LogP contribution >= 0.6 is 8.38 Å². The van der Waals surface area contributed by atoms with E-state index in [1.54, 1.807) is 10.9 Å². The third kappa shape index (κ3) is 9.18. The van der Waals surface area contributed by atoms with Crippen LogP contribution in [0.5, 0.6) is 0 Å². The Morgan fingerprint density at radius 2 is 1.78 bits per heavy atom. The standard InChI is InChI=1S/C11H17N.C5H10N3O2P/c1-2-3-4-5-10-6-8-11(12)9-7-10;6-5-3-7-8(4-5)1-2-11(9)10/h6-9H,2-5,12H2,1H3;3-4,9-10H,1-2,6H2. The van der Waals surface area contributed by atoms with Gasteiger partial charge < -0.3 is 21.3 Å². The summed E-state index contributed by atoms with van der Waals surface area (Å²) in [4.78, 5) is 17.1. The first kappa shape index (κ1) is 19.4. The summed E-state index contributed by atoms with van der Waals surface area (Å²) in [6.07, 6.45) is 8.60. The molecule has 0 aliphatic heterocycles. The van der Waals surface area contributed by atoms with Crippen LogP contribution in [0.4, 0.5) is 11.4 Å². The molecule has 6 nitrogen and oxygen atoms in total. The average Bonchev–Trinajstić information content (AvgIpc) is 2.94. The van der Waals surface area contributed by atoms with Gasteiger partial charge in [0.05, 0.1) is 11.9 Å². The van der Waals surface area contributed by atoms with E-state index in [1.807, 2.05) is 12.1 Å². The van der Waals surface area contributed by atoms with E-state index in [0.717, 1.165) is 5.69 Å². The Balaban J connectivity index is 0.000000231. The molecule has 1 aromatic heterocycles. The van der Waals surface area contributed by atoms with Crippen molar-refractivity contribution in [3.05, 3.63) is 42.2 Å². The summed E-state index contributed by atoms with van der Waals surface area (Å²) in [7, 11) is -1.82. The molecule has 0 aliphatic rings. The van der Waals surface area contributed by atoms with E-state index in [4.69, 9.17) is 21.3 Å². The van der Waals surface area contributed by atoms with Gasteiger partial charge in [0.25, 0.3) is 0 Å². The van der Waals surface area contributed by atoms with Crippen LogP contribution in [0.3, 0.4) is 0 Å². The maximum absolute atomic E-state index is 8.57. The molecule has 0 bridgehead atoms. The van der Waals surface area contributed by atoms with Crippen molar-refractivity contribution in [1.29, 1.82) is 0 Å². The van der Waals surface area contributed by atoms with Crippen molar-refractivity contribution in [2.75, 3.05) is 17.6 Å². The second-order valence-electron chi connectivity index (χ2n) is 5.33. The lowest BCUT2D eigenvalue weighted by molar-refractivity contribution is 0.474. The second-order valence-corrected chi connectivity index (χ2v) is 6.52. The number of benzene rings is 1. The molecule has 2 rings (SSSR count). The molecule has 6 N–H and O–H groups in total. The van der Waals surface area contributed by atoms with Crippen LogP contribution in [0, 0.1) is 0 Å². The summed E-state index contributed by atoms with van der Waals surface area (Å²) in [5, 5.41) is 3.87. The topological polar surface area (TPSA) is 110 Å². The number of aromatic nitrogens is 2. The van der Waals surface area contributed by atoms with Gasteiger partial charge in [0, 0.05) is 24.6 Å². The van der Waals surface area contributed by atoms with Gasteiger partial charge in [-0.15, -0.1) is 0 Å². The first-order valence-corrected chi connectivity index (χ1v) is 9.22. The van der Waals surface area contributed by atoms with Gasteiger partial charge in [-0.2, -0.15) is 5.10 Å². The maximum Gasteiger partial charge on any atom is 0.166 e. The van der Waals surface area contributed by atoms with Crippen molar-refractivity contribution in [2.24, 2.45) is 0 Å². The minimum Gasteiger partial charge on any atom is -0.399 e. The summed E-state index contributed by atoms with van der Waals surface area (Å²) in [5.41, 5.74) is 13.8. The SMILES string of the molecule is CCCCCc1ccc(N)cc1.Nc1cnn(CCP(O)O)c1. The fourth-order valence-corrected chi connectivity index (χ4v) is 2.34. The zero-order chi connectivity index (χ0) is 17.1. The van der Waals surface area contributed by atoms with Gasteiger partial charge in [-0.1, -0.05) is 31.9 Å². The van der Waals surface area contributed by atoms with Crippen LogP contribution in [-0.4, -0.2) is 25.7 Å². The summed E-state index contributed by atoms with van der Waals surface area (Å²) in [5.74, 6) is 0. The van der Waals surface area contributed by atoms with Crippen LogP contribution in [0.15, 0.2) is 36.7 Å². The van der Waals surface area contributed by atoms with Crippen molar-refractivity contribution in [3.63, 3.8) is 0 Å². The van der Waals surface area contributed by atoms with E-state index in [9.17, 15) is 0 Å². The van der Waals surface area contributed by atoms with Crippen LogP contribution in [0.1, 0.15) is 31.7 Å². The molecule has 0 fully saturated rings. The Labute approximate surface area is 139 Å². The predicted octanol–water partition coefficient (Wildman–Crippen LogP) is 2.76.